The number of fused-ring (bicyclic) bond motifs is 1. The van der Waals surface area contributed by atoms with Gasteiger partial charge in [0.2, 0.25) is 0 Å². The zero-order chi connectivity index (χ0) is 12.7. The average molecular weight is 306 g/mol. The molecular weight excluding hydrogens is 294 g/mol. The highest BCUT2D eigenvalue weighted by atomic mass is 79.9. The lowest BCUT2D eigenvalue weighted by atomic mass is 10.2. The number of carbonyl (C=O) groups excluding carboxylic acids is 1. The van der Waals surface area contributed by atoms with Gasteiger partial charge >= 0.3 is 0 Å². The van der Waals surface area contributed by atoms with Crippen molar-refractivity contribution >= 4 is 32.7 Å². The molecule has 1 aliphatic carbocycles. The van der Waals surface area contributed by atoms with Crippen LogP contribution in [-0.2, 0) is 0 Å². The second kappa shape index (κ2) is 4.31. The van der Waals surface area contributed by atoms with Crippen molar-refractivity contribution in [2.45, 2.75) is 19.4 Å². The van der Waals surface area contributed by atoms with Gasteiger partial charge in [0.15, 0.2) is 0 Å². The third kappa shape index (κ3) is 2.10. The average Bonchev–Trinajstić information content (AvgIpc) is 3.05. The molecule has 2 atom stereocenters. The lowest BCUT2D eigenvalue weighted by Gasteiger charge is -2.05. The van der Waals surface area contributed by atoms with Crippen molar-refractivity contribution < 1.29 is 4.79 Å². The third-order valence-electron chi connectivity index (χ3n) is 3.21. The number of hydrogen-bond donors (Lipinski definition) is 1. The second-order valence-electron chi connectivity index (χ2n) is 4.68. The molecule has 3 rings (SSSR count). The number of pyridine rings is 2. The van der Waals surface area contributed by atoms with E-state index in [-0.39, 0.29) is 5.91 Å². The Labute approximate surface area is 113 Å². The Balaban J connectivity index is 1.92. The van der Waals surface area contributed by atoms with E-state index in [1.165, 1.54) is 0 Å². The summed E-state index contributed by atoms with van der Waals surface area (Å²) in [5.74, 6) is 0.486. The Kier molecular flexibility index (Phi) is 2.78. The maximum atomic E-state index is 12.0. The number of carbonyl (C=O) groups is 1. The molecule has 1 fully saturated rings. The van der Waals surface area contributed by atoms with E-state index in [2.05, 4.69) is 38.1 Å². The summed E-state index contributed by atoms with van der Waals surface area (Å²) in [6.07, 6.45) is 4.48. The van der Waals surface area contributed by atoms with Gasteiger partial charge in [-0.05, 0) is 40.4 Å². The molecule has 0 aromatic carbocycles. The van der Waals surface area contributed by atoms with Gasteiger partial charge in [-0.25, -0.2) is 4.98 Å². The molecule has 1 aliphatic rings. The molecule has 0 aliphatic heterocycles. The molecule has 4 nitrogen and oxygen atoms in total. The van der Waals surface area contributed by atoms with Crippen LogP contribution in [0.3, 0.4) is 0 Å². The Morgan fingerprint density at radius 1 is 1.44 bits per heavy atom. The SMILES string of the molecule is CC1CC1NC(=O)c1ccc2cncc(Br)c2n1. The van der Waals surface area contributed by atoms with Gasteiger partial charge in [0.05, 0.1) is 9.99 Å². The molecule has 18 heavy (non-hydrogen) atoms. The van der Waals surface area contributed by atoms with Crippen LogP contribution in [0.4, 0.5) is 0 Å². The fraction of sp³-hybridized carbons (Fsp3) is 0.308. The van der Waals surface area contributed by atoms with Crippen LogP contribution < -0.4 is 5.32 Å². The number of nitrogens with one attached hydrogen (secondary N) is 1. The van der Waals surface area contributed by atoms with Gasteiger partial charge in [-0.15, -0.1) is 0 Å². The van der Waals surface area contributed by atoms with Gasteiger partial charge in [-0.3, -0.25) is 9.78 Å². The topological polar surface area (TPSA) is 54.9 Å². The van der Waals surface area contributed by atoms with Crippen molar-refractivity contribution in [2.75, 3.05) is 0 Å². The highest BCUT2D eigenvalue weighted by Crippen LogP contribution is 2.29. The van der Waals surface area contributed by atoms with Crippen LogP contribution in [0.15, 0.2) is 29.0 Å². The van der Waals surface area contributed by atoms with E-state index in [0.29, 0.717) is 17.7 Å². The molecule has 1 N–H and O–H groups in total. The van der Waals surface area contributed by atoms with Crippen molar-refractivity contribution in [3.63, 3.8) is 0 Å². The van der Waals surface area contributed by atoms with Gasteiger partial charge in [-0.2, -0.15) is 0 Å². The molecule has 2 aromatic rings. The van der Waals surface area contributed by atoms with Crippen LogP contribution in [0.5, 0.6) is 0 Å². The Morgan fingerprint density at radius 2 is 2.22 bits per heavy atom. The van der Waals surface area contributed by atoms with Crippen molar-refractivity contribution in [1.82, 2.24) is 15.3 Å². The number of amides is 1. The molecule has 0 radical (unpaired) electrons. The first-order chi connectivity index (χ1) is 8.65. The van der Waals surface area contributed by atoms with Crippen molar-refractivity contribution in [3.8, 4) is 0 Å². The van der Waals surface area contributed by atoms with E-state index in [4.69, 9.17) is 0 Å². The molecule has 0 bridgehead atoms. The number of aromatic nitrogens is 2. The van der Waals surface area contributed by atoms with Crippen LogP contribution in [0.1, 0.15) is 23.8 Å². The summed E-state index contributed by atoms with van der Waals surface area (Å²) in [6, 6.07) is 3.92. The quantitative estimate of drug-likeness (QED) is 0.927. The van der Waals surface area contributed by atoms with Gasteiger partial charge in [0.25, 0.3) is 5.91 Å². The smallest absolute Gasteiger partial charge is 0.270 e. The first-order valence-electron chi connectivity index (χ1n) is 5.86. The molecule has 5 heteroatoms. The minimum atomic E-state index is -0.102. The normalized spacial score (nSPS) is 21.9. The second-order valence-corrected chi connectivity index (χ2v) is 5.54. The van der Waals surface area contributed by atoms with Crippen LogP contribution >= 0.6 is 15.9 Å². The van der Waals surface area contributed by atoms with E-state index in [1.807, 2.05) is 6.07 Å². The summed E-state index contributed by atoms with van der Waals surface area (Å²) < 4.78 is 0.800. The van der Waals surface area contributed by atoms with Gasteiger partial charge in [0, 0.05) is 23.8 Å². The number of hydrogen-bond acceptors (Lipinski definition) is 3. The molecular formula is C13H12BrN3O. The summed E-state index contributed by atoms with van der Waals surface area (Å²) in [7, 11) is 0. The number of nitrogens with zero attached hydrogens (tertiary/aromatic N) is 2. The summed E-state index contributed by atoms with van der Waals surface area (Å²) in [6.45, 7) is 2.13. The summed E-state index contributed by atoms with van der Waals surface area (Å²) >= 11 is 3.40. The fourth-order valence-corrected chi connectivity index (χ4v) is 2.34. The summed E-state index contributed by atoms with van der Waals surface area (Å²) in [5.41, 5.74) is 1.22. The Hall–Kier alpha value is -1.49. The van der Waals surface area contributed by atoms with Gasteiger partial charge in [0.1, 0.15) is 5.69 Å². The molecule has 1 amide bonds. The number of rotatable bonds is 2. The first-order valence-corrected chi connectivity index (χ1v) is 6.65. The van der Waals surface area contributed by atoms with Crippen LogP contribution in [0.25, 0.3) is 10.9 Å². The molecule has 0 spiro atoms. The van der Waals surface area contributed by atoms with Crippen LogP contribution in [0.2, 0.25) is 0 Å². The fourth-order valence-electron chi connectivity index (χ4n) is 1.90. The third-order valence-corrected chi connectivity index (χ3v) is 3.79. The maximum absolute atomic E-state index is 12.0. The van der Waals surface area contributed by atoms with E-state index in [9.17, 15) is 4.79 Å². The summed E-state index contributed by atoms with van der Waals surface area (Å²) in [5, 5.41) is 3.89. The molecule has 92 valence electrons. The van der Waals surface area contributed by atoms with E-state index in [0.717, 1.165) is 21.8 Å². The number of halogens is 1. The highest BCUT2D eigenvalue weighted by Gasteiger charge is 2.34. The van der Waals surface area contributed by atoms with Crippen molar-refractivity contribution in [2.24, 2.45) is 5.92 Å². The molecule has 0 saturated heterocycles. The minimum Gasteiger partial charge on any atom is -0.348 e. The monoisotopic (exact) mass is 305 g/mol. The van der Waals surface area contributed by atoms with Crippen molar-refractivity contribution in [3.05, 3.63) is 34.7 Å². The molecule has 2 aromatic heterocycles. The lowest BCUT2D eigenvalue weighted by Crippen LogP contribution is -2.27. The largest absolute Gasteiger partial charge is 0.348 e. The van der Waals surface area contributed by atoms with E-state index < -0.39 is 0 Å². The Morgan fingerprint density at radius 3 is 2.94 bits per heavy atom. The van der Waals surface area contributed by atoms with Gasteiger partial charge in [-0.1, -0.05) is 6.92 Å². The summed E-state index contributed by atoms with van der Waals surface area (Å²) in [4.78, 5) is 20.4. The lowest BCUT2D eigenvalue weighted by molar-refractivity contribution is 0.0944. The van der Waals surface area contributed by atoms with E-state index in [1.54, 1.807) is 18.5 Å². The predicted molar refractivity (Wildman–Crippen MR) is 72.3 cm³/mol. The van der Waals surface area contributed by atoms with E-state index >= 15 is 0 Å². The van der Waals surface area contributed by atoms with Crippen LogP contribution in [-0.4, -0.2) is 21.9 Å². The van der Waals surface area contributed by atoms with Gasteiger partial charge < -0.3 is 5.32 Å². The maximum Gasteiger partial charge on any atom is 0.270 e. The zero-order valence-electron chi connectivity index (χ0n) is 9.85. The zero-order valence-corrected chi connectivity index (χ0v) is 11.4. The van der Waals surface area contributed by atoms with Crippen LogP contribution in [0, 0.1) is 5.92 Å². The Bertz CT molecular complexity index is 629. The highest BCUT2D eigenvalue weighted by molar-refractivity contribution is 9.10. The minimum absolute atomic E-state index is 0.102. The van der Waals surface area contributed by atoms with Crippen molar-refractivity contribution in [1.29, 1.82) is 0 Å². The molecule has 2 heterocycles. The molecule has 1 saturated carbocycles. The predicted octanol–water partition coefficient (Wildman–Crippen LogP) is 2.53. The molecule has 2 unspecified atom stereocenters. The standard InChI is InChI=1S/C13H12BrN3O/c1-7-4-11(7)17-13(18)10-3-2-8-5-15-6-9(14)12(8)16-10/h2-3,5-7,11H,4H2,1H3,(H,17,18). The first kappa shape index (κ1) is 11.6.